The van der Waals surface area contributed by atoms with E-state index in [0.717, 1.165) is 29.9 Å². The number of aryl methyl sites for hydroxylation is 2. The van der Waals surface area contributed by atoms with Gasteiger partial charge in [-0.05, 0) is 76.6 Å². The molecule has 2 nitrogen and oxygen atoms in total. The molecule has 1 aliphatic carbocycles. The highest BCUT2D eigenvalue weighted by Gasteiger charge is 2.37. The van der Waals surface area contributed by atoms with Crippen molar-refractivity contribution in [2.24, 2.45) is 5.92 Å². The van der Waals surface area contributed by atoms with E-state index in [0.29, 0.717) is 18.4 Å². The van der Waals surface area contributed by atoms with Gasteiger partial charge >= 0.3 is 0 Å². The first kappa shape index (κ1) is 23.5. The minimum absolute atomic E-state index is 0.116. The number of hydrogen-bond donors (Lipinski definition) is 0. The molecule has 0 amide bonds. The van der Waals surface area contributed by atoms with Gasteiger partial charge in [0.2, 0.25) is 5.92 Å². The first-order valence-electron chi connectivity index (χ1n) is 8.93. The lowest BCUT2D eigenvalue weighted by molar-refractivity contribution is -0.0442. The molecule has 1 aromatic rings. The van der Waals surface area contributed by atoms with Gasteiger partial charge in [0.15, 0.2) is 9.84 Å². The Bertz CT molecular complexity index is 831. The first-order chi connectivity index (χ1) is 12.3. The van der Waals surface area contributed by atoms with E-state index in [4.69, 9.17) is 0 Å². The molecule has 0 radical (unpaired) electrons. The zero-order valence-electron chi connectivity index (χ0n) is 16.9. The summed E-state index contributed by atoms with van der Waals surface area (Å²) in [5.41, 5.74) is 3.17. The summed E-state index contributed by atoms with van der Waals surface area (Å²) in [5, 5.41) is 0. The monoisotopic (exact) mass is 402 g/mol. The predicted octanol–water partition coefficient (Wildman–Crippen LogP) is 6.15. The highest BCUT2D eigenvalue weighted by molar-refractivity contribution is 7.94. The lowest BCUT2D eigenvalue weighted by Crippen LogP contribution is -2.27. The number of sulfone groups is 1. The zero-order valence-corrected chi connectivity index (χ0v) is 17.7. The van der Waals surface area contributed by atoms with E-state index in [1.165, 1.54) is 6.07 Å². The van der Waals surface area contributed by atoms with Gasteiger partial charge in [-0.15, -0.1) is 0 Å². The Morgan fingerprint density at radius 1 is 1.22 bits per heavy atom. The summed E-state index contributed by atoms with van der Waals surface area (Å²) in [5.74, 6) is -3.50. The van der Waals surface area contributed by atoms with Crippen LogP contribution in [-0.4, -0.2) is 20.6 Å². The van der Waals surface area contributed by atoms with E-state index in [1.807, 2.05) is 13.0 Å². The highest BCUT2D eigenvalue weighted by Crippen LogP contribution is 2.41. The molecular formula is C21H29F3O2S. The molecule has 27 heavy (non-hydrogen) atoms. The van der Waals surface area contributed by atoms with E-state index in [1.54, 1.807) is 32.9 Å². The average Bonchev–Trinajstić information content (AvgIpc) is 2.52. The zero-order chi connectivity index (χ0) is 21.0. The van der Waals surface area contributed by atoms with Crippen molar-refractivity contribution in [2.45, 2.75) is 59.8 Å². The largest absolute Gasteiger partial charge is 0.248 e. The van der Waals surface area contributed by atoms with Crippen LogP contribution in [0.1, 0.15) is 51.2 Å². The summed E-state index contributed by atoms with van der Waals surface area (Å²) in [6.45, 7) is 7.99. The van der Waals surface area contributed by atoms with Gasteiger partial charge in [-0.2, -0.15) is 0 Å². The maximum absolute atomic E-state index is 13.3. The summed E-state index contributed by atoms with van der Waals surface area (Å²) in [6, 6.07) is 5.22. The minimum Gasteiger partial charge on any atom is -0.224 e. The summed E-state index contributed by atoms with van der Waals surface area (Å²) in [7, 11) is -3.28. The van der Waals surface area contributed by atoms with Crippen molar-refractivity contribution in [3.63, 3.8) is 0 Å². The molecular weight excluding hydrogens is 373 g/mol. The fourth-order valence-corrected chi connectivity index (χ4v) is 4.36. The van der Waals surface area contributed by atoms with Crippen LogP contribution in [-0.2, 0) is 9.84 Å². The van der Waals surface area contributed by atoms with Crippen LogP contribution < -0.4 is 0 Å². The van der Waals surface area contributed by atoms with E-state index >= 15 is 0 Å². The Labute approximate surface area is 161 Å². The van der Waals surface area contributed by atoms with Crippen LogP contribution in [0.2, 0.25) is 0 Å². The Balaban J connectivity index is 0.000000337. The van der Waals surface area contributed by atoms with Crippen LogP contribution in [0.3, 0.4) is 0 Å². The second-order valence-corrected chi connectivity index (χ2v) is 9.32. The fourth-order valence-electron chi connectivity index (χ4n) is 3.20. The number of alkyl halides is 2. The lowest BCUT2D eigenvalue weighted by atomic mass is 9.81. The topological polar surface area (TPSA) is 34.1 Å². The number of allylic oxidation sites excluding steroid dienone is 3. The molecule has 0 fully saturated rings. The Morgan fingerprint density at radius 3 is 2.19 bits per heavy atom. The second kappa shape index (κ2) is 9.09. The SMILES string of the molecule is C/C=C(\C1=C(C)CC(C(C)(F)F)CC1)S(C)(=O)=O.Cc1ccc(C)c(F)c1. The standard InChI is InChI=1S/C13H20F2O2S.C8H9F/c1-5-12(18(4,16)17)11-7-6-10(8-9(11)2)13(3,14)15;1-6-3-4-7(2)8(9)5-6/h5,10H,6-8H2,1-4H3;3-5H,1-2H3/b12-5+;. The molecule has 6 heteroatoms. The molecule has 0 saturated heterocycles. The normalized spacial score (nSPS) is 18.9. The van der Waals surface area contributed by atoms with Crippen LogP contribution in [0, 0.1) is 25.6 Å². The van der Waals surface area contributed by atoms with Crippen LogP contribution in [0.15, 0.2) is 40.3 Å². The highest BCUT2D eigenvalue weighted by atomic mass is 32.2. The van der Waals surface area contributed by atoms with Gasteiger partial charge in [0, 0.05) is 12.2 Å². The van der Waals surface area contributed by atoms with Gasteiger partial charge in [-0.25, -0.2) is 21.6 Å². The molecule has 1 aromatic carbocycles. The van der Waals surface area contributed by atoms with Crippen molar-refractivity contribution in [1.82, 2.24) is 0 Å². The molecule has 1 aliphatic rings. The summed E-state index contributed by atoms with van der Waals surface area (Å²) in [6.07, 6.45) is 3.73. The quantitative estimate of drug-likeness (QED) is 0.608. The molecule has 2 rings (SSSR count). The third-order valence-electron chi connectivity index (χ3n) is 4.81. The number of halogens is 3. The Morgan fingerprint density at radius 2 is 1.81 bits per heavy atom. The predicted molar refractivity (Wildman–Crippen MR) is 105 cm³/mol. The van der Waals surface area contributed by atoms with Gasteiger partial charge < -0.3 is 0 Å². The molecule has 0 heterocycles. The van der Waals surface area contributed by atoms with E-state index in [2.05, 4.69) is 0 Å². The number of rotatable bonds is 3. The molecule has 0 spiro atoms. The first-order valence-corrected chi connectivity index (χ1v) is 10.8. The smallest absolute Gasteiger partial charge is 0.224 e. The third-order valence-corrected chi connectivity index (χ3v) is 6.09. The molecule has 0 N–H and O–H groups in total. The number of benzene rings is 1. The second-order valence-electron chi connectivity index (χ2n) is 7.33. The summed E-state index contributed by atoms with van der Waals surface area (Å²) in [4.78, 5) is 0.290. The fraction of sp³-hybridized carbons (Fsp3) is 0.524. The van der Waals surface area contributed by atoms with Crippen LogP contribution in [0.25, 0.3) is 0 Å². The van der Waals surface area contributed by atoms with Crippen molar-refractivity contribution >= 4 is 9.84 Å². The van der Waals surface area contributed by atoms with Gasteiger partial charge in [0.25, 0.3) is 0 Å². The van der Waals surface area contributed by atoms with Gasteiger partial charge in [0.05, 0.1) is 4.91 Å². The molecule has 0 aromatic heterocycles. The molecule has 0 saturated carbocycles. The third kappa shape index (κ3) is 6.83. The Hall–Kier alpha value is -1.56. The van der Waals surface area contributed by atoms with Crippen molar-refractivity contribution in [3.8, 4) is 0 Å². The van der Waals surface area contributed by atoms with E-state index in [9.17, 15) is 21.6 Å². The van der Waals surface area contributed by atoms with Crippen LogP contribution in [0.5, 0.6) is 0 Å². The minimum atomic E-state index is -3.28. The van der Waals surface area contributed by atoms with Crippen molar-refractivity contribution in [1.29, 1.82) is 0 Å². The molecule has 0 bridgehead atoms. The maximum Gasteiger partial charge on any atom is 0.248 e. The Kier molecular flexibility index (Phi) is 7.90. The van der Waals surface area contributed by atoms with Gasteiger partial charge in [-0.3, -0.25) is 0 Å². The molecule has 1 unspecified atom stereocenters. The summed E-state index contributed by atoms with van der Waals surface area (Å²) < 4.78 is 62.4. The molecule has 0 aliphatic heterocycles. The molecule has 1 atom stereocenters. The van der Waals surface area contributed by atoms with Gasteiger partial charge in [-0.1, -0.05) is 23.8 Å². The summed E-state index contributed by atoms with van der Waals surface area (Å²) >= 11 is 0. The average molecular weight is 403 g/mol. The van der Waals surface area contributed by atoms with Crippen LogP contribution in [0.4, 0.5) is 13.2 Å². The van der Waals surface area contributed by atoms with E-state index in [-0.39, 0.29) is 17.1 Å². The van der Waals surface area contributed by atoms with Crippen molar-refractivity contribution < 1.29 is 21.6 Å². The maximum atomic E-state index is 13.3. The number of hydrogen-bond acceptors (Lipinski definition) is 2. The van der Waals surface area contributed by atoms with Crippen molar-refractivity contribution in [2.75, 3.05) is 6.26 Å². The van der Waals surface area contributed by atoms with Crippen molar-refractivity contribution in [3.05, 3.63) is 57.3 Å². The van der Waals surface area contributed by atoms with E-state index < -0.39 is 21.7 Å². The van der Waals surface area contributed by atoms with Gasteiger partial charge in [0.1, 0.15) is 5.82 Å². The lowest BCUT2D eigenvalue weighted by Gasteiger charge is -2.30. The molecule has 152 valence electrons. The van der Waals surface area contributed by atoms with Crippen LogP contribution >= 0.6 is 0 Å².